The van der Waals surface area contributed by atoms with E-state index in [4.69, 9.17) is 9.72 Å². The second kappa shape index (κ2) is 8.29. The highest BCUT2D eigenvalue weighted by molar-refractivity contribution is 9.11. The number of methoxy groups -OCH3 is 1. The average molecular weight is 425 g/mol. The minimum absolute atomic E-state index is 0.0200. The molecular weight excluding hydrogens is 408 g/mol. The molecule has 0 fully saturated rings. The Bertz CT molecular complexity index is 892. The molecule has 0 radical (unpaired) electrons. The number of rotatable bonds is 7. The van der Waals surface area contributed by atoms with Crippen LogP contribution in [0, 0.1) is 0 Å². The SMILES string of the molecule is COCCCn1c(SCc2ccc(Br)s2)nc2ccccc2c1=O. The second-order valence-corrected chi connectivity index (χ2v) is 8.70. The molecule has 3 rings (SSSR count). The van der Waals surface area contributed by atoms with Crippen LogP contribution in [0.25, 0.3) is 10.9 Å². The van der Waals surface area contributed by atoms with Gasteiger partial charge >= 0.3 is 0 Å². The number of nitrogens with zero attached hydrogens (tertiary/aromatic N) is 2. The summed E-state index contributed by atoms with van der Waals surface area (Å²) in [6, 6.07) is 11.6. The van der Waals surface area contributed by atoms with Crippen LogP contribution in [-0.4, -0.2) is 23.3 Å². The summed E-state index contributed by atoms with van der Waals surface area (Å²) in [5.41, 5.74) is 0.770. The first-order valence-corrected chi connectivity index (χ1v) is 10.1. The summed E-state index contributed by atoms with van der Waals surface area (Å²) in [7, 11) is 1.67. The Morgan fingerprint density at radius 3 is 2.88 bits per heavy atom. The van der Waals surface area contributed by atoms with Gasteiger partial charge in [-0.3, -0.25) is 9.36 Å². The highest BCUT2D eigenvalue weighted by Gasteiger charge is 2.12. The van der Waals surface area contributed by atoms with Crippen molar-refractivity contribution in [1.82, 2.24) is 9.55 Å². The Balaban J connectivity index is 1.93. The average Bonchev–Trinajstić information content (AvgIpc) is 3.01. The van der Waals surface area contributed by atoms with Crippen LogP contribution in [0.3, 0.4) is 0 Å². The van der Waals surface area contributed by atoms with Crippen molar-refractivity contribution in [3.8, 4) is 0 Å². The predicted molar refractivity (Wildman–Crippen MR) is 104 cm³/mol. The molecule has 1 aromatic carbocycles. The molecule has 0 amide bonds. The fourth-order valence-corrected chi connectivity index (χ4v) is 4.94. The number of para-hydroxylation sites is 1. The van der Waals surface area contributed by atoms with Crippen molar-refractivity contribution in [2.45, 2.75) is 23.9 Å². The molecule has 0 N–H and O–H groups in total. The minimum atomic E-state index is 0.0200. The highest BCUT2D eigenvalue weighted by atomic mass is 79.9. The van der Waals surface area contributed by atoms with Crippen molar-refractivity contribution < 1.29 is 4.74 Å². The van der Waals surface area contributed by atoms with E-state index >= 15 is 0 Å². The first-order chi connectivity index (χ1) is 11.7. The predicted octanol–water partition coefficient (Wildman–Crippen LogP) is 4.55. The molecule has 24 heavy (non-hydrogen) atoms. The maximum Gasteiger partial charge on any atom is 0.262 e. The Labute approximate surface area is 157 Å². The van der Waals surface area contributed by atoms with Gasteiger partial charge in [0.1, 0.15) is 0 Å². The van der Waals surface area contributed by atoms with Crippen molar-refractivity contribution in [2.75, 3.05) is 13.7 Å². The third kappa shape index (κ3) is 4.08. The van der Waals surface area contributed by atoms with E-state index in [-0.39, 0.29) is 5.56 Å². The molecule has 7 heteroatoms. The lowest BCUT2D eigenvalue weighted by Gasteiger charge is -2.12. The van der Waals surface area contributed by atoms with E-state index in [9.17, 15) is 4.79 Å². The van der Waals surface area contributed by atoms with Crippen molar-refractivity contribution in [2.24, 2.45) is 0 Å². The van der Waals surface area contributed by atoms with Crippen LogP contribution in [-0.2, 0) is 17.0 Å². The lowest BCUT2D eigenvalue weighted by Crippen LogP contribution is -2.24. The minimum Gasteiger partial charge on any atom is -0.385 e. The number of hydrogen-bond donors (Lipinski definition) is 0. The molecule has 4 nitrogen and oxygen atoms in total. The van der Waals surface area contributed by atoms with E-state index in [0.717, 1.165) is 26.6 Å². The quantitative estimate of drug-likeness (QED) is 0.317. The summed E-state index contributed by atoms with van der Waals surface area (Å²) < 4.78 is 8.00. The zero-order valence-corrected chi connectivity index (χ0v) is 16.4. The standard InChI is InChI=1S/C17H17BrN2O2S2/c1-22-10-4-9-20-16(21)13-5-2-3-6-14(13)19-17(20)23-11-12-7-8-15(18)24-12/h2-3,5-8H,4,9-11H2,1H3. The largest absolute Gasteiger partial charge is 0.385 e. The monoisotopic (exact) mass is 424 g/mol. The van der Waals surface area contributed by atoms with Gasteiger partial charge in [0.2, 0.25) is 0 Å². The van der Waals surface area contributed by atoms with E-state index in [2.05, 4.69) is 22.0 Å². The number of benzene rings is 1. The molecule has 126 valence electrons. The number of fused-ring (bicyclic) bond motifs is 1. The lowest BCUT2D eigenvalue weighted by atomic mass is 10.2. The van der Waals surface area contributed by atoms with Gasteiger partial charge in [-0.25, -0.2) is 4.98 Å². The van der Waals surface area contributed by atoms with Gasteiger partial charge < -0.3 is 4.74 Å². The van der Waals surface area contributed by atoms with Gasteiger partial charge in [0, 0.05) is 30.9 Å². The molecule has 0 bridgehead atoms. The van der Waals surface area contributed by atoms with Crippen molar-refractivity contribution in [3.05, 3.63) is 55.4 Å². The normalized spacial score (nSPS) is 11.2. The summed E-state index contributed by atoms with van der Waals surface area (Å²) in [4.78, 5) is 18.8. The fraction of sp³-hybridized carbons (Fsp3) is 0.294. The van der Waals surface area contributed by atoms with Gasteiger partial charge in [-0.1, -0.05) is 23.9 Å². The van der Waals surface area contributed by atoms with Crippen LogP contribution >= 0.6 is 39.0 Å². The number of halogens is 1. The molecular formula is C17H17BrN2O2S2. The van der Waals surface area contributed by atoms with Gasteiger partial charge in [0.25, 0.3) is 5.56 Å². The van der Waals surface area contributed by atoms with Crippen LogP contribution in [0.4, 0.5) is 0 Å². The third-order valence-electron chi connectivity index (χ3n) is 3.53. The Hall–Kier alpha value is -1.15. The van der Waals surface area contributed by atoms with Gasteiger partial charge in [0.15, 0.2) is 5.16 Å². The van der Waals surface area contributed by atoms with Crippen LogP contribution in [0.2, 0.25) is 0 Å². The highest BCUT2D eigenvalue weighted by Crippen LogP contribution is 2.28. The molecule has 2 heterocycles. The molecule has 0 saturated carbocycles. The second-order valence-electron chi connectivity index (χ2n) is 5.21. The van der Waals surface area contributed by atoms with Gasteiger partial charge in [-0.05, 0) is 46.6 Å². The number of thioether (sulfide) groups is 1. The topological polar surface area (TPSA) is 44.1 Å². The summed E-state index contributed by atoms with van der Waals surface area (Å²) in [5, 5.41) is 1.43. The van der Waals surface area contributed by atoms with Crippen LogP contribution in [0.1, 0.15) is 11.3 Å². The van der Waals surface area contributed by atoms with Crippen LogP contribution < -0.4 is 5.56 Å². The van der Waals surface area contributed by atoms with Crippen molar-refractivity contribution >= 4 is 49.9 Å². The smallest absolute Gasteiger partial charge is 0.262 e. The Morgan fingerprint density at radius 2 is 2.12 bits per heavy atom. The van der Waals surface area contributed by atoms with Crippen LogP contribution in [0.15, 0.2) is 50.1 Å². The van der Waals surface area contributed by atoms with E-state index < -0.39 is 0 Å². The zero-order valence-electron chi connectivity index (χ0n) is 13.2. The number of ether oxygens (including phenoxy) is 1. The van der Waals surface area contributed by atoms with Gasteiger partial charge in [-0.2, -0.15) is 0 Å². The zero-order chi connectivity index (χ0) is 16.9. The van der Waals surface area contributed by atoms with Crippen molar-refractivity contribution in [1.29, 1.82) is 0 Å². The van der Waals surface area contributed by atoms with E-state index in [1.807, 2.05) is 30.3 Å². The van der Waals surface area contributed by atoms with Crippen LogP contribution in [0.5, 0.6) is 0 Å². The summed E-state index contributed by atoms with van der Waals surface area (Å²) >= 11 is 6.79. The number of aromatic nitrogens is 2. The maximum absolute atomic E-state index is 12.8. The van der Waals surface area contributed by atoms with E-state index in [1.54, 1.807) is 34.8 Å². The molecule has 0 aliphatic carbocycles. The molecule has 0 atom stereocenters. The first kappa shape index (κ1) is 17.7. The maximum atomic E-state index is 12.8. The molecule has 0 unspecified atom stereocenters. The summed E-state index contributed by atoms with van der Waals surface area (Å²) in [6.45, 7) is 1.24. The van der Waals surface area contributed by atoms with Crippen molar-refractivity contribution in [3.63, 3.8) is 0 Å². The molecule has 0 spiro atoms. The Kier molecular flexibility index (Phi) is 6.10. The number of hydrogen-bond acceptors (Lipinski definition) is 5. The lowest BCUT2D eigenvalue weighted by molar-refractivity contribution is 0.189. The Morgan fingerprint density at radius 1 is 1.29 bits per heavy atom. The summed E-state index contributed by atoms with van der Waals surface area (Å²) in [6.07, 6.45) is 0.786. The molecule has 0 aliphatic rings. The summed E-state index contributed by atoms with van der Waals surface area (Å²) in [5.74, 6) is 0.797. The van der Waals surface area contributed by atoms with Gasteiger partial charge in [0.05, 0.1) is 14.7 Å². The van der Waals surface area contributed by atoms with E-state index in [1.165, 1.54) is 4.88 Å². The third-order valence-corrected chi connectivity index (χ3v) is 6.36. The molecule has 0 saturated heterocycles. The molecule has 0 aliphatic heterocycles. The molecule has 2 aromatic heterocycles. The van der Waals surface area contributed by atoms with E-state index in [0.29, 0.717) is 18.5 Å². The van der Waals surface area contributed by atoms with Gasteiger partial charge in [-0.15, -0.1) is 11.3 Å². The fourth-order valence-electron chi connectivity index (χ4n) is 2.39. The number of thiophene rings is 1. The first-order valence-electron chi connectivity index (χ1n) is 7.54. The molecule has 3 aromatic rings.